The number of nitrogens with zero attached hydrogens (tertiary/aromatic N) is 1. The summed E-state index contributed by atoms with van der Waals surface area (Å²) in [5, 5.41) is 14.2. The second-order valence-corrected chi connectivity index (χ2v) is 6.54. The standard InChI is InChI=1S/C18H23N3O3/c1-18(2,12-19)14-5-7-15(8-6-14)21-17(23)16(22)20-9-10-24-11-13-3-4-13/h5-8,13H,3-4,9-11H2,1-2H3,(H,20,22)(H,21,23). The Kier molecular flexibility index (Phi) is 5.93. The maximum Gasteiger partial charge on any atom is 0.313 e. The van der Waals surface area contributed by atoms with Gasteiger partial charge in [0.1, 0.15) is 0 Å². The smallest absolute Gasteiger partial charge is 0.313 e. The zero-order chi connectivity index (χ0) is 17.6. The Balaban J connectivity index is 1.74. The minimum Gasteiger partial charge on any atom is -0.379 e. The number of nitriles is 1. The molecule has 0 saturated heterocycles. The SMILES string of the molecule is CC(C)(C#N)c1ccc(NC(=O)C(=O)NCCOCC2CC2)cc1. The molecular formula is C18H23N3O3. The van der Waals surface area contributed by atoms with Crippen LogP contribution >= 0.6 is 0 Å². The number of hydrogen-bond donors (Lipinski definition) is 2. The van der Waals surface area contributed by atoms with Crippen molar-refractivity contribution < 1.29 is 14.3 Å². The molecule has 6 heteroatoms. The quantitative estimate of drug-likeness (QED) is 0.591. The molecule has 0 bridgehead atoms. The second-order valence-electron chi connectivity index (χ2n) is 6.54. The van der Waals surface area contributed by atoms with Gasteiger partial charge in [0, 0.05) is 18.8 Å². The molecule has 24 heavy (non-hydrogen) atoms. The molecule has 2 rings (SSSR count). The van der Waals surface area contributed by atoms with Crippen LogP contribution in [0.2, 0.25) is 0 Å². The van der Waals surface area contributed by atoms with Crippen molar-refractivity contribution in [3.8, 4) is 6.07 Å². The van der Waals surface area contributed by atoms with Crippen LogP contribution in [-0.4, -0.2) is 31.6 Å². The maximum atomic E-state index is 11.8. The fourth-order valence-electron chi connectivity index (χ4n) is 2.07. The number of amides is 2. The van der Waals surface area contributed by atoms with Gasteiger partial charge in [-0.1, -0.05) is 12.1 Å². The van der Waals surface area contributed by atoms with E-state index < -0.39 is 17.2 Å². The molecule has 1 aliphatic carbocycles. The summed E-state index contributed by atoms with van der Waals surface area (Å²) in [5.74, 6) is -0.728. The van der Waals surface area contributed by atoms with Crippen LogP contribution in [0.1, 0.15) is 32.3 Å². The van der Waals surface area contributed by atoms with Gasteiger partial charge in [-0.25, -0.2) is 0 Å². The van der Waals surface area contributed by atoms with E-state index in [0.29, 0.717) is 24.8 Å². The Morgan fingerprint density at radius 1 is 1.25 bits per heavy atom. The Hall–Kier alpha value is -2.39. The van der Waals surface area contributed by atoms with Crippen LogP contribution in [0.15, 0.2) is 24.3 Å². The summed E-state index contributed by atoms with van der Waals surface area (Å²) in [7, 11) is 0. The largest absolute Gasteiger partial charge is 0.379 e. The number of carbonyl (C=O) groups is 2. The number of anilines is 1. The van der Waals surface area contributed by atoms with E-state index in [1.54, 1.807) is 24.3 Å². The van der Waals surface area contributed by atoms with E-state index in [4.69, 9.17) is 10.00 Å². The van der Waals surface area contributed by atoms with Gasteiger partial charge < -0.3 is 15.4 Å². The molecule has 0 radical (unpaired) electrons. The van der Waals surface area contributed by atoms with Crippen LogP contribution in [0.25, 0.3) is 0 Å². The van der Waals surface area contributed by atoms with E-state index in [1.807, 2.05) is 13.8 Å². The van der Waals surface area contributed by atoms with E-state index in [9.17, 15) is 9.59 Å². The van der Waals surface area contributed by atoms with Crippen molar-refractivity contribution in [1.29, 1.82) is 5.26 Å². The summed E-state index contributed by atoms with van der Waals surface area (Å²) in [5.41, 5.74) is 0.762. The second kappa shape index (κ2) is 7.93. The molecule has 0 unspecified atom stereocenters. The third kappa shape index (κ3) is 5.36. The molecule has 0 aliphatic heterocycles. The van der Waals surface area contributed by atoms with Crippen LogP contribution in [0, 0.1) is 17.2 Å². The van der Waals surface area contributed by atoms with Gasteiger partial charge in [0.25, 0.3) is 0 Å². The topological polar surface area (TPSA) is 91.2 Å². The number of nitrogens with one attached hydrogen (secondary N) is 2. The lowest BCUT2D eigenvalue weighted by atomic mass is 9.86. The minimum atomic E-state index is -0.718. The Labute approximate surface area is 142 Å². The van der Waals surface area contributed by atoms with Crippen LogP contribution < -0.4 is 10.6 Å². The van der Waals surface area contributed by atoms with Crippen molar-refractivity contribution in [1.82, 2.24) is 5.32 Å². The molecule has 1 saturated carbocycles. The van der Waals surface area contributed by atoms with Crippen LogP contribution in [0.5, 0.6) is 0 Å². The zero-order valence-corrected chi connectivity index (χ0v) is 14.1. The normalized spacial score (nSPS) is 13.9. The molecule has 0 spiro atoms. The number of rotatable bonds is 7. The van der Waals surface area contributed by atoms with E-state index in [-0.39, 0.29) is 0 Å². The molecule has 2 amide bonds. The molecule has 0 heterocycles. The van der Waals surface area contributed by atoms with Crippen molar-refractivity contribution in [3.63, 3.8) is 0 Å². The predicted octanol–water partition coefficient (Wildman–Crippen LogP) is 1.97. The average molecular weight is 329 g/mol. The highest BCUT2D eigenvalue weighted by atomic mass is 16.5. The average Bonchev–Trinajstić information content (AvgIpc) is 3.39. The van der Waals surface area contributed by atoms with Crippen molar-refractivity contribution in [2.24, 2.45) is 5.92 Å². The third-order valence-electron chi connectivity index (χ3n) is 3.93. The van der Waals surface area contributed by atoms with Crippen molar-refractivity contribution >= 4 is 17.5 Å². The van der Waals surface area contributed by atoms with Gasteiger partial charge in [-0.3, -0.25) is 9.59 Å². The van der Waals surface area contributed by atoms with E-state index in [0.717, 1.165) is 12.2 Å². The summed E-state index contributed by atoms with van der Waals surface area (Å²) >= 11 is 0. The number of ether oxygens (including phenoxy) is 1. The summed E-state index contributed by atoms with van der Waals surface area (Å²) in [6.07, 6.45) is 2.44. The predicted molar refractivity (Wildman–Crippen MR) is 90.3 cm³/mol. The van der Waals surface area contributed by atoms with Crippen LogP contribution in [0.3, 0.4) is 0 Å². The Bertz CT molecular complexity index is 628. The van der Waals surface area contributed by atoms with Gasteiger partial charge in [-0.2, -0.15) is 5.26 Å². The van der Waals surface area contributed by atoms with E-state index in [2.05, 4.69) is 16.7 Å². The Morgan fingerprint density at radius 3 is 2.50 bits per heavy atom. The summed E-state index contributed by atoms with van der Waals surface area (Å²) in [6.45, 7) is 5.09. The third-order valence-corrected chi connectivity index (χ3v) is 3.93. The Morgan fingerprint density at radius 2 is 1.92 bits per heavy atom. The van der Waals surface area contributed by atoms with Crippen molar-refractivity contribution in [2.45, 2.75) is 32.1 Å². The van der Waals surface area contributed by atoms with Gasteiger partial charge in [0.15, 0.2) is 0 Å². The fraction of sp³-hybridized carbons (Fsp3) is 0.500. The number of hydrogen-bond acceptors (Lipinski definition) is 4. The highest BCUT2D eigenvalue weighted by molar-refractivity contribution is 6.39. The lowest BCUT2D eigenvalue weighted by Crippen LogP contribution is -2.37. The summed E-state index contributed by atoms with van der Waals surface area (Å²) < 4.78 is 5.39. The fourth-order valence-corrected chi connectivity index (χ4v) is 2.07. The number of carbonyl (C=O) groups excluding carboxylic acids is 2. The summed E-state index contributed by atoms with van der Waals surface area (Å²) in [6, 6.07) is 9.11. The zero-order valence-electron chi connectivity index (χ0n) is 14.1. The molecule has 1 aromatic rings. The maximum absolute atomic E-state index is 11.8. The molecule has 6 nitrogen and oxygen atoms in total. The first-order valence-corrected chi connectivity index (χ1v) is 8.11. The lowest BCUT2D eigenvalue weighted by molar-refractivity contribution is -0.136. The minimum absolute atomic E-state index is 0.314. The highest BCUT2D eigenvalue weighted by Crippen LogP contribution is 2.28. The molecular weight excluding hydrogens is 306 g/mol. The first kappa shape index (κ1) is 18.0. The molecule has 1 aliphatic rings. The van der Waals surface area contributed by atoms with Crippen LogP contribution in [-0.2, 0) is 19.7 Å². The molecule has 0 atom stereocenters. The van der Waals surface area contributed by atoms with Gasteiger partial charge in [-0.15, -0.1) is 0 Å². The first-order valence-electron chi connectivity index (χ1n) is 8.11. The van der Waals surface area contributed by atoms with Gasteiger partial charge in [0.05, 0.1) is 18.1 Å². The molecule has 0 aromatic heterocycles. The van der Waals surface area contributed by atoms with E-state index in [1.165, 1.54) is 12.8 Å². The van der Waals surface area contributed by atoms with Gasteiger partial charge >= 0.3 is 11.8 Å². The van der Waals surface area contributed by atoms with Crippen molar-refractivity contribution in [2.75, 3.05) is 25.1 Å². The first-order chi connectivity index (χ1) is 11.4. The van der Waals surface area contributed by atoms with Crippen LogP contribution in [0.4, 0.5) is 5.69 Å². The lowest BCUT2D eigenvalue weighted by Gasteiger charge is -2.16. The molecule has 128 valence electrons. The molecule has 2 N–H and O–H groups in total. The van der Waals surface area contributed by atoms with Gasteiger partial charge in [0.2, 0.25) is 0 Å². The van der Waals surface area contributed by atoms with E-state index >= 15 is 0 Å². The monoisotopic (exact) mass is 329 g/mol. The van der Waals surface area contributed by atoms with Gasteiger partial charge in [-0.05, 0) is 50.3 Å². The summed E-state index contributed by atoms with van der Waals surface area (Å²) in [4.78, 5) is 23.5. The molecule has 1 fully saturated rings. The highest BCUT2D eigenvalue weighted by Gasteiger charge is 2.21. The number of benzene rings is 1. The molecule has 1 aromatic carbocycles. The van der Waals surface area contributed by atoms with Crippen molar-refractivity contribution in [3.05, 3.63) is 29.8 Å².